The fourth-order valence-electron chi connectivity index (χ4n) is 6.49. The highest BCUT2D eigenvalue weighted by atomic mass is 19.1. The number of fused-ring (bicyclic) bond motifs is 2. The molecule has 1 N–H and O–H groups in total. The third kappa shape index (κ3) is 7.70. The van der Waals surface area contributed by atoms with Gasteiger partial charge < -0.3 is 19.4 Å². The summed E-state index contributed by atoms with van der Waals surface area (Å²) >= 11 is 0. The van der Waals surface area contributed by atoms with Crippen molar-refractivity contribution in [1.82, 2.24) is 14.9 Å². The quantitative estimate of drug-likeness (QED) is 0.166. The Morgan fingerprint density at radius 2 is 1.90 bits per heavy atom. The number of hydrogen-bond donors (Lipinski definition) is 1. The third-order valence-corrected chi connectivity index (χ3v) is 8.38. The second kappa shape index (κ2) is 14.2. The van der Waals surface area contributed by atoms with E-state index >= 15 is 0 Å². The number of halogens is 1. The van der Waals surface area contributed by atoms with E-state index in [0.717, 1.165) is 66.8 Å². The maximum atomic E-state index is 14.0. The van der Waals surface area contributed by atoms with E-state index in [1.54, 1.807) is 6.07 Å². The molecule has 0 radical (unpaired) electrons. The number of rotatable bonds is 15. The van der Waals surface area contributed by atoms with Gasteiger partial charge in [-0.25, -0.2) is 14.2 Å². The summed E-state index contributed by atoms with van der Waals surface area (Å²) in [7, 11) is 3.67. The molecule has 1 aromatic heterocycles. The molecule has 40 heavy (non-hydrogen) atoms. The number of unbranched alkanes of at least 4 members (excludes halogenated alkanes) is 4. The van der Waals surface area contributed by atoms with Crippen LogP contribution >= 0.6 is 0 Å². The van der Waals surface area contributed by atoms with Gasteiger partial charge in [0, 0.05) is 32.4 Å². The molecule has 4 rings (SSSR count). The van der Waals surface area contributed by atoms with E-state index in [-0.39, 0.29) is 30.2 Å². The first kappa shape index (κ1) is 30.2. The summed E-state index contributed by atoms with van der Waals surface area (Å²) in [5.74, 6) is 0.794. The van der Waals surface area contributed by atoms with Gasteiger partial charge in [-0.2, -0.15) is 0 Å². The predicted molar refractivity (Wildman–Crippen MR) is 158 cm³/mol. The number of nitrogens with zero attached hydrogens (tertiary/aromatic N) is 2. The Balaban J connectivity index is 1.26. The monoisotopic (exact) mass is 551 g/mol. The van der Waals surface area contributed by atoms with Crippen molar-refractivity contribution in [2.45, 2.75) is 83.2 Å². The lowest BCUT2D eigenvalue weighted by Crippen LogP contribution is -2.49. The number of nitrogens with one attached hydrogen (secondary N) is 1. The molecule has 2 aromatic carbocycles. The van der Waals surface area contributed by atoms with Crippen molar-refractivity contribution in [2.75, 3.05) is 33.9 Å². The molecule has 6 nitrogen and oxygen atoms in total. The van der Waals surface area contributed by atoms with Gasteiger partial charge in [0.15, 0.2) is 0 Å². The molecule has 0 aliphatic heterocycles. The first-order valence-electron chi connectivity index (χ1n) is 14.9. The number of carbonyl (C=O) groups excluding carboxylic acids is 1. The van der Waals surface area contributed by atoms with Crippen LogP contribution in [0, 0.1) is 11.7 Å². The van der Waals surface area contributed by atoms with Crippen molar-refractivity contribution in [1.29, 1.82) is 0 Å². The van der Waals surface area contributed by atoms with Crippen molar-refractivity contribution in [3.63, 3.8) is 0 Å². The maximum absolute atomic E-state index is 14.0. The maximum Gasteiger partial charge on any atom is 0.332 e. The minimum Gasteiger partial charge on any atom is -0.457 e. The second-order valence-corrected chi connectivity index (χ2v) is 11.8. The molecule has 0 fully saturated rings. The summed E-state index contributed by atoms with van der Waals surface area (Å²) in [6.45, 7) is 6.13. The molecule has 1 aliphatic rings. The lowest BCUT2D eigenvalue weighted by Gasteiger charge is -2.47. The molecule has 2 atom stereocenters. The Hall–Kier alpha value is -2.77. The summed E-state index contributed by atoms with van der Waals surface area (Å²) < 4.78 is 25.4. The van der Waals surface area contributed by atoms with E-state index in [2.05, 4.69) is 47.9 Å². The highest BCUT2D eigenvalue weighted by Crippen LogP contribution is 2.48. The molecule has 218 valence electrons. The Morgan fingerprint density at radius 3 is 2.67 bits per heavy atom. The number of esters is 1. The van der Waals surface area contributed by atoms with Crippen LogP contribution in [-0.2, 0) is 27.1 Å². The van der Waals surface area contributed by atoms with E-state index in [1.165, 1.54) is 32.4 Å². The molecule has 1 aliphatic carbocycles. The van der Waals surface area contributed by atoms with Crippen molar-refractivity contribution < 1.29 is 18.7 Å². The van der Waals surface area contributed by atoms with Gasteiger partial charge in [0.05, 0.1) is 11.0 Å². The van der Waals surface area contributed by atoms with Crippen molar-refractivity contribution in [2.24, 2.45) is 5.92 Å². The van der Waals surface area contributed by atoms with Gasteiger partial charge in [-0.3, -0.25) is 0 Å². The lowest BCUT2D eigenvalue weighted by atomic mass is 9.65. The molecule has 1 heterocycles. The molecule has 0 saturated carbocycles. The van der Waals surface area contributed by atoms with Crippen LogP contribution in [0.3, 0.4) is 0 Å². The minimum absolute atomic E-state index is 0.0119. The number of hydrogen-bond acceptors (Lipinski definition) is 5. The van der Waals surface area contributed by atoms with Gasteiger partial charge in [0.25, 0.3) is 0 Å². The first-order valence-corrected chi connectivity index (χ1v) is 14.9. The smallest absolute Gasteiger partial charge is 0.332 e. The van der Waals surface area contributed by atoms with E-state index < -0.39 is 5.60 Å². The first-order chi connectivity index (χ1) is 19.3. The molecular weight excluding hydrogens is 505 g/mol. The topological polar surface area (TPSA) is 67.5 Å². The van der Waals surface area contributed by atoms with Crippen LogP contribution in [0.5, 0.6) is 0 Å². The molecule has 0 bridgehead atoms. The summed E-state index contributed by atoms with van der Waals surface area (Å²) in [5.41, 5.74) is 3.67. The summed E-state index contributed by atoms with van der Waals surface area (Å²) in [5, 5.41) is 0. The normalized spacial score (nSPS) is 18.9. The van der Waals surface area contributed by atoms with Gasteiger partial charge in [-0.05, 0) is 80.6 Å². The molecule has 3 aromatic rings. The largest absolute Gasteiger partial charge is 0.457 e. The standard InChI is InChI=1S/C33H46FN3O3/c1-24(2)32-27-16-15-26(34)22-25(27)17-18-33(32,40-31(38)23-39-4)19-21-37(3)20-11-7-5-6-8-14-30-35-28-12-9-10-13-29(28)36-30/h9-10,12-13,15-16,22,24,32H,5-8,11,14,17-21,23H2,1-4H3,(H,35,36)/t32-,33-/m0/s1. The number of para-hydroxylation sites is 2. The fourth-order valence-corrected chi connectivity index (χ4v) is 6.49. The van der Waals surface area contributed by atoms with Crippen LogP contribution in [-0.4, -0.2) is 60.3 Å². The number of aryl methyl sites for hydroxylation is 2. The highest BCUT2D eigenvalue weighted by Gasteiger charge is 2.47. The van der Waals surface area contributed by atoms with Gasteiger partial charge in [0.2, 0.25) is 0 Å². The Kier molecular flexibility index (Phi) is 10.7. The third-order valence-electron chi connectivity index (χ3n) is 8.38. The van der Waals surface area contributed by atoms with Gasteiger partial charge >= 0.3 is 5.97 Å². The molecule has 0 unspecified atom stereocenters. The summed E-state index contributed by atoms with van der Waals surface area (Å²) in [4.78, 5) is 23.2. The van der Waals surface area contributed by atoms with Crippen LogP contribution in [0.1, 0.15) is 81.7 Å². The number of aromatic nitrogens is 2. The van der Waals surface area contributed by atoms with E-state index in [9.17, 15) is 9.18 Å². The van der Waals surface area contributed by atoms with E-state index in [4.69, 9.17) is 9.47 Å². The Morgan fingerprint density at radius 1 is 1.12 bits per heavy atom. The van der Waals surface area contributed by atoms with Gasteiger partial charge in [-0.1, -0.05) is 51.3 Å². The molecular formula is C33H46FN3O3. The second-order valence-electron chi connectivity index (χ2n) is 11.8. The van der Waals surface area contributed by atoms with E-state index in [1.807, 2.05) is 18.2 Å². The average molecular weight is 552 g/mol. The molecule has 7 heteroatoms. The van der Waals surface area contributed by atoms with Crippen molar-refractivity contribution in [3.8, 4) is 0 Å². The number of ether oxygens (including phenoxy) is 2. The van der Waals surface area contributed by atoms with Crippen LogP contribution in [0.2, 0.25) is 0 Å². The predicted octanol–water partition coefficient (Wildman–Crippen LogP) is 6.83. The zero-order chi connectivity index (χ0) is 28.5. The van der Waals surface area contributed by atoms with Crippen LogP contribution in [0.4, 0.5) is 4.39 Å². The van der Waals surface area contributed by atoms with Gasteiger partial charge in [0.1, 0.15) is 23.8 Å². The number of imidazole rings is 1. The van der Waals surface area contributed by atoms with Crippen molar-refractivity contribution in [3.05, 3.63) is 65.2 Å². The van der Waals surface area contributed by atoms with Crippen LogP contribution in [0.15, 0.2) is 42.5 Å². The number of benzene rings is 2. The van der Waals surface area contributed by atoms with Crippen LogP contribution < -0.4 is 0 Å². The van der Waals surface area contributed by atoms with Crippen molar-refractivity contribution >= 4 is 17.0 Å². The fraction of sp³-hybridized carbons (Fsp3) is 0.576. The number of H-pyrrole nitrogens is 1. The zero-order valence-electron chi connectivity index (χ0n) is 24.7. The van der Waals surface area contributed by atoms with Gasteiger partial charge in [-0.15, -0.1) is 0 Å². The lowest BCUT2D eigenvalue weighted by molar-refractivity contribution is -0.172. The summed E-state index contributed by atoms with van der Waals surface area (Å²) in [6.07, 6.45) is 9.05. The number of carbonyl (C=O) groups is 1. The Labute approximate surface area is 238 Å². The zero-order valence-corrected chi connectivity index (χ0v) is 24.7. The summed E-state index contributed by atoms with van der Waals surface area (Å²) in [6, 6.07) is 13.3. The Bertz CT molecular complexity index is 1210. The van der Waals surface area contributed by atoms with Crippen LogP contribution in [0.25, 0.3) is 11.0 Å². The molecule has 0 amide bonds. The number of aromatic amines is 1. The number of methoxy groups -OCH3 is 1. The SMILES string of the molecule is COCC(=O)O[C@]1(CCN(C)CCCCCCCc2nc3ccccc3[nH]2)CCc2cc(F)ccc2[C@@H]1C(C)C. The molecule has 0 spiro atoms. The van der Waals surface area contributed by atoms with E-state index in [0.29, 0.717) is 12.8 Å². The average Bonchev–Trinajstić information content (AvgIpc) is 3.34. The highest BCUT2D eigenvalue weighted by molar-refractivity contribution is 5.74. The molecule has 0 saturated heterocycles. The minimum atomic E-state index is -0.625.